The third kappa shape index (κ3) is 4.63. The van der Waals surface area contributed by atoms with Crippen molar-refractivity contribution in [2.75, 3.05) is 26.9 Å². The fourth-order valence-corrected chi connectivity index (χ4v) is 4.38. The highest BCUT2D eigenvalue weighted by atomic mass is 35.5. The Balaban J connectivity index is 1.79. The summed E-state index contributed by atoms with van der Waals surface area (Å²) in [5.74, 6) is 1.19. The summed E-state index contributed by atoms with van der Waals surface area (Å²) >= 11 is 6.36. The number of halogens is 1. The van der Waals surface area contributed by atoms with E-state index < -0.39 is 6.04 Å². The first kappa shape index (κ1) is 24.1. The highest BCUT2D eigenvalue weighted by Gasteiger charge is 2.42. The molecule has 0 spiro atoms. The van der Waals surface area contributed by atoms with Gasteiger partial charge in [0, 0.05) is 29.8 Å². The Kier molecular flexibility index (Phi) is 7.14. The summed E-state index contributed by atoms with van der Waals surface area (Å²) in [6.45, 7) is 7.56. The number of fused-ring (bicyclic) bond motifs is 1. The molecule has 34 heavy (non-hydrogen) atoms. The number of aromatic hydroxyl groups is 1. The number of aromatic nitrogens is 2. The van der Waals surface area contributed by atoms with Gasteiger partial charge in [0.05, 0.1) is 19.3 Å². The van der Waals surface area contributed by atoms with E-state index in [4.69, 9.17) is 21.1 Å². The van der Waals surface area contributed by atoms with Crippen molar-refractivity contribution < 1.29 is 19.4 Å². The Bertz CT molecular complexity index is 1190. The highest BCUT2D eigenvalue weighted by molar-refractivity contribution is 6.31. The van der Waals surface area contributed by atoms with Crippen molar-refractivity contribution in [1.29, 1.82) is 0 Å². The van der Waals surface area contributed by atoms with Crippen molar-refractivity contribution in [2.45, 2.75) is 33.2 Å². The maximum atomic E-state index is 13.3. The van der Waals surface area contributed by atoms with Crippen molar-refractivity contribution in [1.82, 2.24) is 15.1 Å². The van der Waals surface area contributed by atoms with E-state index in [0.29, 0.717) is 53.2 Å². The number of benzene rings is 2. The number of nitrogens with one attached hydrogen (secondary N) is 1. The molecule has 1 atom stereocenters. The molecule has 1 aromatic heterocycles. The van der Waals surface area contributed by atoms with Gasteiger partial charge in [0.1, 0.15) is 22.9 Å². The fourth-order valence-electron chi connectivity index (χ4n) is 4.21. The number of ether oxygens (including phenoxy) is 2. The minimum Gasteiger partial charge on any atom is -0.507 e. The van der Waals surface area contributed by atoms with Crippen LogP contribution in [0.1, 0.15) is 53.5 Å². The second kappa shape index (κ2) is 10.1. The summed E-state index contributed by atoms with van der Waals surface area (Å²) in [6, 6.07) is 10.7. The van der Waals surface area contributed by atoms with E-state index in [1.165, 1.54) is 0 Å². The lowest BCUT2D eigenvalue weighted by atomic mass is 9.95. The Morgan fingerprint density at radius 2 is 2.03 bits per heavy atom. The first-order chi connectivity index (χ1) is 16.3. The van der Waals surface area contributed by atoms with Crippen LogP contribution in [0.4, 0.5) is 0 Å². The molecule has 2 aromatic carbocycles. The van der Waals surface area contributed by atoms with E-state index in [-0.39, 0.29) is 11.7 Å². The van der Waals surface area contributed by atoms with E-state index in [1.54, 1.807) is 24.1 Å². The van der Waals surface area contributed by atoms with Crippen molar-refractivity contribution in [3.63, 3.8) is 0 Å². The van der Waals surface area contributed by atoms with Crippen LogP contribution >= 0.6 is 11.6 Å². The number of phenols is 1. The maximum absolute atomic E-state index is 13.3. The molecular formula is C26H30ClN3O4. The van der Waals surface area contributed by atoms with Crippen molar-refractivity contribution in [3.8, 4) is 22.8 Å². The summed E-state index contributed by atoms with van der Waals surface area (Å²) in [7, 11) is 1.61. The number of aromatic amines is 1. The molecule has 0 bridgehead atoms. The molecule has 0 saturated heterocycles. The summed E-state index contributed by atoms with van der Waals surface area (Å²) < 4.78 is 11.3. The third-order valence-electron chi connectivity index (χ3n) is 6.07. The largest absolute Gasteiger partial charge is 0.507 e. The van der Waals surface area contributed by atoms with Crippen LogP contribution in [-0.4, -0.2) is 53.0 Å². The van der Waals surface area contributed by atoms with Gasteiger partial charge in [-0.25, -0.2) is 0 Å². The Morgan fingerprint density at radius 1 is 1.24 bits per heavy atom. The van der Waals surface area contributed by atoms with Gasteiger partial charge < -0.3 is 19.5 Å². The van der Waals surface area contributed by atoms with Gasteiger partial charge in [-0.3, -0.25) is 9.89 Å². The van der Waals surface area contributed by atoms with Crippen LogP contribution in [-0.2, 0) is 4.74 Å². The molecule has 0 fully saturated rings. The molecule has 8 heteroatoms. The zero-order valence-electron chi connectivity index (χ0n) is 19.9. The predicted molar refractivity (Wildman–Crippen MR) is 132 cm³/mol. The first-order valence-electron chi connectivity index (χ1n) is 11.4. The molecule has 180 valence electrons. The Labute approximate surface area is 204 Å². The van der Waals surface area contributed by atoms with Gasteiger partial charge in [0.15, 0.2) is 0 Å². The number of carbonyl (C=O) groups excluding carboxylic acids is 1. The summed E-state index contributed by atoms with van der Waals surface area (Å²) in [5, 5.41) is 18.5. The Morgan fingerprint density at radius 3 is 2.76 bits per heavy atom. The number of carbonyl (C=O) groups is 1. The van der Waals surface area contributed by atoms with Crippen molar-refractivity contribution in [3.05, 3.63) is 63.8 Å². The minimum atomic E-state index is -0.417. The normalized spacial score (nSPS) is 15.3. The van der Waals surface area contributed by atoms with E-state index in [0.717, 1.165) is 23.3 Å². The number of phenolic OH excluding ortho intramolecular Hbond substituents is 1. The van der Waals surface area contributed by atoms with Crippen LogP contribution in [0.5, 0.6) is 11.5 Å². The molecule has 2 N–H and O–H groups in total. The standard InChI is InChI=1S/C26H30ClN3O4/c1-15(2)8-10-34-18-7-5-6-17(13-18)25-22-23(19-14-20(27)16(3)12-21(19)31)28-29-24(22)26(32)30(25)9-11-33-4/h5-7,12-15,25,31H,8-11H2,1-4H3,(H,28,29). The second-order valence-electron chi connectivity index (χ2n) is 8.98. The average Bonchev–Trinajstić information content (AvgIpc) is 3.33. The number of methoxy groups -OCH3 is 1. The molecule has 3 aromatic rings. The van der Waals surface area contributed by atoms with Crippen LogP contribution in [0.2, 0.25) is 5.02 Å². The molecule has 0 saturated carbocycles. The first-order valence-corrected chi connectivity index (χ1v) is 11.8. The number of hydrogen-bond donors (Lipinski definition) is 2. The zero-order chi connectivity index (χ0) is 24.4. The van der Waals surface area contributed by atoms with Gasteiger partial charge in [-0.1, -0.05) is 37.6 Å². The molecular weight excluding hydrogens is 454 g/mol. The number of aryl methyl sites for hydroxylation is 1. The van der Waals surface area contributed by atoms with E-state index >= 15 is 0 Å². The van der Waals surface area contributed by atoms with Crippen molar-refractivity contribution >= 4 is 17.5 Å². The molecule has 4 rings (SSSR count). The van der Waals surface area contributed by atoms with Gasteiger partial charge in [-0.2, -0.15) is 5.10 Å². The lowest BCUT2D eigenvalue weighted by Gasteiger charge is -2.26. The van der Waals surface area contributed by atoms with E-state index in [1.807, 2.05) is 31.2 Å². The number of rotatable bonds is 9. The monoisotopic (exact) mass is 483 g/mol. The zero-order valence-corrected chi connectivity index (χ0v) is 20.6. The van der Waals surface area contributed by atoms with Gasteiger partial charge in [0.2, 0.25) is 0 Å². The quantitative estimate of drug-likeness (QED) is 0.427. The van der Waals surface area contributed by atoms with Crippen LogP contribution in [0.25, 0.3) is 11.3 Å². The number of hydrogen-bond acceptors (Lipinski definition) is 5. The maximum Gasteiger partial charge on any atom is 0.273 e. The lowest BCUT2D eigenvalue weighted by molar-refractivity contribution is 0.0677. The van der Waals surface area contributed by atoms with Crippen LogP contribution in [0.3, 0.4) is 0 Å². The summed E-state index contributed by atoms with van der Waals surface area (Å²) in [6.07, 6.45) is 0.954. The van der Waals surface area contributed by atoms with Gasteiger partial charge in [-0.15, -0.1) is 0 Å². The van der Waals surface area contributed by atoms with E-state index in [2.05, 4.69) is 24.0 Å². The smallest absolute Gasteiger partial charge is 0.273 e. The second-order valence-corrected chi connectivity index (χ2v) is 9.38. The highest BCUT2D eigenvalue weighted by Crippen LogP contribution is 2.45. The van der Waals surface area contributed by atoms with Gasteiger partial charge in [0.25, 0.3) is 5.91 Å². The number of nitrogens with zero attached hydrogens (tertiary/aromatic N) is 2. The van der Waals surface area contributed by atoms with Gasteiger partial charge in [-0.05, 0) is 54.7 Å². The van der Waals surface area contributed by atoms with Gasteiger partial charge >= 0.3 is 0 Å². The van der Waals surface area contributed by atoms with E-state index in [9.17, 15) is 9.90 Å². The molecule has 0 radical (unpaired) electrons. The molecule has 1 unspecified atom stereocenters. The molecule has 0 aliphatic carbocycles. The van der Waals surface area contributed by atoms with Crippen LogP contribution in [0.15, 0.2) is 36.4 Å². The lowest BCUT2D eigenvalue weighted by Crippen LogP contribution is -2.32. The minimum absolute atomic E-state index is 0.0588. The predicted octanol–water partition coefficient (Wildman–Crippen LogP) is 5.36. The molecule has 1 amide bonds. The average molecular weight is 484 g/mol. The fraction of sp³-hybridized carbons (Fsp3) is 0.385. The van der Waals surface area contributed by atoms with Crippen molar-refractivity contribution in [2.24, 2.45) is 5.92 Å². The Hall–Kier alpha value is -3.03. The summed E-state index contributed by atoms with van der Waals surface area (Å²) in [5.41, 5.74) is 3.73. The molecule has 1 aliphatic heterocycles. The SMILES string of the molecule is COCCN1C(=O)c2[nH]nc(-c3cc(Cl)c(C)cc3O)c2C1c1cccc(OCCC(C)C)c1. The molecule has 7 nitrogen and oxygen atoms in total. The van der Waals surface area contributed by atoms with Crippen LogP contribution < -0.4 is 4.74 Å². The summed E-state index contributed by atoms with van der Waals surface area (Å²) in [4.78, 5) is 15.1. The van der Waals surface area contributed by atoms with Crippen LogP contribution in [0, 0.1) is 12.8 Å². The topological polar surface area (TPSA) is 87.7 Å². The third-order valence-corrected chi connectivity index (χ3v) is 6.48. The number of H-pyrrole nitrogens is 1. The molecule has 1 aliphatic rings. The number of amides is 1. The molecule has 2 heterocycles.